The molecule has 0 spiro atoms. The molecule has 3 rings (SSSR count). The predicted molar refractivity (Wildman–Crippen MR) is 84.7 cm³/mol. The molecule has 1 unspecified atom stereocenters. The van der Waals surface area contributed by atoms with Gasteiger partial charge in [0.1, 0.15) is 5.82 Å². The molecule has 0 radical (unpaired) electrons. The Hall–Kier alpha value is -1.40. The Bertz CT molecular complexity index is 701. The molecular formula is C15H13BrFNO2S. The van der Waals surface area contributed by atoms with Crippen molar-refractivity contribution in [2.45, 2.75) is 25.3 Å². The minimum atomic E-state index is -1.25. The maximum absolute atomic E-state index is 13.4. The molecule has 1 aliphatic carbocycles. The lowest BCUT2D eigenvalue weighted by Crippen LogP contribution is -2.16. The van der Waals surface area contributed by atoms with Gasteiger partial charge in [0, 0.05) is 10.6 Å². The van der Waals surface area contributed by atoms with Crippen LogP contribution in [0.25, 0.3) is 0 Å². The van der Waals surface area contributed by atoms with Gasteiger partial charge in [0.15, 0.2) is 0 Å². The van der Waals surface area contributed by atoms with Gasteiger partial charge >= 0.3 is 5.97 Å². The van der Waals surface area contributed by atoms with Crippen LogP contribution in [0.5, 0.6) is 0 Å². The number of hydrogen-bond acceptors (Lipinski definition) is 3. The van der Waals surface area contributed by atoms with E-state index < -0.39 is 11.8 Å². The van der Waals surface area contributed by atoms with E-state index in [1.54, 1.807) is 17.4 Å². The van der Waals surface area contributed by atoms with Crippen molar-refractivity contribution >= 4 is 38.9 Å². The van der Waals surface area contributed by atoms with Crippen molar-refractivity contribution in [3.05, 3.63) is 49.9 Å². The first-order valence-electron chi connectivity index (χ1n) is 6.62. The number of carboxylic acids is 1. The van der Waals surface area contributed by atoms with E-state index in [0.717, 1.165) is 23.0 Å². The molecule has 1 heterocycles. The minimum Gasteiger partial charge on any atom is -0.478 e. The highest BCUT2D eigenvalue weighted by atomic mass is 79.9. The van der Waals surface area contributed by atoms with Gasteiger partial charge in [-0.1, -0.05) is 0 Å². The Labute approximate surface area is 133 Å². The average Bonchev–Trinajstić information content (AvgIpc) is 2.82. The molecule has 110 valence electrons. The Kier molecular flexibility index (Phi) is 3.99. The molecule has 21 heavy (non-hydrogen) atoms. The van der Waals surface area contributed by atoms with Gasteiger partial charge in [-0.25, -0.2) is 9.18 Å². The highest BCUT2D eigenvalue weighted by Crippen LogP contribution is 2.39. The number of aryl methyl sites for hydroxylation is 1. The summed E-state index contributed by atoms with van der Waals surface area (Å²) in [6, 6.07) is 6.38. The molecule has 6 heteroatoms. The van der Waals surface area contributed by atoms with Crippen molar-refractivity contribution < 1.29 is 14.3 Å². The first-order valence-corrected chi connectivity index (χ1v) is 8.23. The van der Waals surface area contributed by atoms with Gasteiger partial charge in [0.05, 0.1) is 15.4 Å². The molecule has 0 fully saturated rings. The molecule has 1 aromatic carbocycles. The number of carboxylic acid groups (broad SMARTS) is 1. The van der Waals surface area contributed by atoms with E-state index in [4.69, 9.17) is 5.11 Å². The molecule has 0 saturated heterocycles. The maximum atomic E-state index is 13.4. The number of carbonyl (C=O) groups is 1. The molecule has 1 aliphatic rings. The van der Waals surface area contributed by atoms with Gasteiger partial charge < -0.3 is 10.4 Å². The summed E-state index contributed by atoms with van der Waals surface area (Å²) < 4.78 is 14.5. The number of thiophene rings is 1. The van der Waals surface area contributed by atoms with E-state index in [0.29, 0.717) is 5.69 Å². The van der Waals surface area contributed by atoms with Crippen LogP contribution in [0, 0.1) is 5.82 Å². The fourth-order valence-electron chi connectivity index (χ4n) is 2.65. The van der Waals surface area contributed by atoms with Crippen molar-refractivity contribution in [1.29, 1.82) is 0 Å². The molecule has 0 aliphatic heterocycles. The van der Waals surface area contributed by atoms with Crippen LogP contribution in [0.1, 0.15) is 39.7 Å². The Morgan fingerprint density at radius 2 is 2.24 bits per heavy atom. The van der Waals surface area contributed by atoms with Gasteiger partial charge in [-0.15, -0.1) is 11.3 Å². The van der Waals surface area contributed by atoms with Crippen molar-refractivity contribution in [2.24, 2.45) is 0 Å². The number of fused-ring (bicyclic) bond motifs is 1. The zero-order chi connectivity index (χ0) is 15.0. The summed E-state index contributed by atoms with van der Waals surface area (Å²) in [7, 11) is 0. The zero-order valence-corrected chi connectivity index (χ0v) is 13.4. The normalized spacial score (nSPS) is 17.3. The van der Waals surface area contributed by atoms with Crippen molar-refractivity contribution in [2.75, 3.05) is 5.32 Å². The first kappa shape index (κ1) is 14.5. The molecule has 0 saturated carbocycles. The fraction of sp³-hybridized carbons (Fsp3) is 0.267. The largest absolute Gasteiger partial charge is 0.478 e. The number of hydrogen-bond donors (Lipinski definition) is 2. The number of aromatic carboxylic acids is 1. The highest BCUT2D eigenvalue weighted by molar-refractivity contribution is 9.11. The highest BCUT2D eigenvalue weighted by Gasteiger charge is 2.23. The second kappa shape index (κ2) is 5.77. The topological polar surface area (TPSA) is 49.3 Å². The summed E-state index contributed by atoms with van der Waals surface area (Å²) in [4.78, 5) is 12.3. The third-order valence-electron chi connectivity index (χ3n) is 3.62. The summed E-state index contributed by atoms with van der Waals surface area (Å²) in [5, 5.41) is 12.3. The smallest absolute Gasteiger partial charge is 0.338 e. The summed E-state index contributed by atoms with van der Waals surface area (Å²) in [6.07, 6.45) is 3.15. The van der Waals surface area contributed by atoms with Crippen LogP contribution in [0.2, 0.25) is 0 Å². The molecule has 2 N–H and O–H groups in total. The number of halogens is 2. The zero-order valence-electron chi connectivity index (χ0n) is 11.0. The quantitative estimate of drug-likeness (QED) is 0.813. The minimum absolute atomic E-state index is 0.142. The Balaban J connectivity index is 1.88. The van der Waals surface area contributed by atoms with Gasteiger partial charge in [-0.2, -0.15) is 0 Å². The van der Waals surface area contributed by atoms with Gasteiger partial charge in [-0.3, -0.25) is 0 Å². The van der Waals surface area contributed by atoms with Crippen LogP contribution in [0.3, 0.4) is 0 Å². The van der Waals surface area contributed by atoms with Crippen molar-refractivity contribution in [3.63, 3.8) is 0 Å². The average molecular weight is 370 g/mol. The second-order valence-electron chi connectivity index (χ2n) is 5.02. The fourth-order valence-corrected chi connectivity index (χ4v) is 4.47. The number of nitrogens with one attached hydrogen (secondary N) is 1. The van der Waals surface area contributed by atoms with E-state index in [1.165, 1.54) is 22.6 Å². The molecule has 0 amide bonds. The summed E-state index contributed by atoms with van der Waals surface area (Å²) in [5.41, 5.74) is 1.58. The molecule has 1 atom stereocenters. The lowest BCUT2D eigenvalue weighted by Gasteiger charge is -2.24. The first-order chi connectivity index (χ1) is 10.0. The lowest BCUT2D eigenvalue weighted by molar-refractivity contribution is 0.0692. The van der Waals surface area contributed by atoms with Crippen LogP contribution in [-0.2, 0) is 6.42 Å². The maximum Gasteiger partial charge on any atom is 0.338 e. The summed E-state index contributed by atoms with van der Waals surface area (Å²) in [5.74, 6) is -1.96. The second-order valence-corrected chi connectivity index (χ2v) is 7.53. The Morgan fingerprint density at radius 3 is 3.00 bits per heavy atom. The summed E-state index contributed by atoms with van der Waals surface area (Å²) in [6.45, 7) is 0. The number of rotatable bonds is 3. The number of anilines is 1. The monoisotopic (exact) mass is 369 g/mol. The van der Waals surface area contributed by atoms with Crippen molar-refractivity contribution in [3.8, 4) is 0 Å². The predicted octanol–water partition coefficient (Wildman–Crippen LogP) is 4.84. The molecule has 1 aromatic heterocycles. The molecule has 3 nitrogen and oxygen atoms in total. The third kappa shape index (κ3) is 2.96. The van der Waals surface area contributed by atoms with E-state index in [9.17, 15) is 9.18 Å². The van der Waals surface area contributed by atoms with Gasteiger partial charge in [0.2, 0.25) is 0 Å². The van der Waals surface area contributed by atoms with Crippen LogP contribution in [0.4, 0.5) is 10.1 Å². The van der Waals surface area contributed by atoms with Crippen LogP contribution < -0.4 is 5.32 Å². The standard InChI is InChI=1S/C15H13BrFNO2S/c16-14-7-10-12(2-1-3-13(10)21-14)18-8-4-5-11(17)9(6-8)15(19)20/h4-7,12,18H,1-3H2,(H,19,20). The van der Waals surface area contributed by atoms with Crippen LogP contribution in [-0.4, -0.2) is 11.1 Å². The molecule has 0 bridgehead atoms. The lowest BCUT2D eigenvalue weighted by atomic mass is 9.94. The van der Waals surface area contributed by atoms with Crippen LogP contribution >= 0.6 is 27.3 Å². The molecular weight excluding hydrogens is 357 g/mol. The van der Waals surface area contributed by atoms with Crippen molar-refractivity contribution in [1.82, 2.24) is 0 Å². The summed E-state index contributed by atoms with van der Waals surface area (Å²) >= 11 is 5.25. The SMILES string of the molecule is O=C(O)c1cc(NC2CCCc3sc(Br)cc32)ccc1F. The van der Waals surface area contributed by atoms with E-state index in [2.05, 4.69) is 27.3 Å². The van der Waals surface area contributed by atoms with Crippen LogP contribution in [0.15, 0.2) is 28.1 Å². The van der Waals surface area contributed by atoms with Gasteiger partial charge in [-0.05, 0) is 65.0 Å². The van der Waals surface area contributed by atoms with E-state index in [1.807, 2.05) is 0 Å². The van der Waals surface area contributed by atoms with E-state index >= 15 is 0 Å². The third-order valence-corrected chi connectivity index (χ3v) is 5.33. The van der Waals surface area contributed by atoms with E-state index in [-0.39, 0.29) is 11.6 Å². The molecule has 2 aromatic rings. The number of benzene rings is 1. The Morgan fingerprint density at radius 1 is 1.43 bits per heavy atom. The van der Waals surface area contributed by atoms with Gasteiger partial charge in [0.25, 0.3) is 0 Å².